The molecule has 1 aromatic rings. The number of nitrogens with two attached hydrogens (primary N) is 1. The van der Waals surface area contributed by atoms with Crippen LogP contribution in [-0.4, -0.2) is 17.9 Å². The first-order valence-corrected chi connectivity index (χ1v) is 7.97. The molecule has 0 heterocycles. The zero-order valence-electron chi connectivity index (χ0n) is 13.6. The molecule has 3 nitrogen and oxygen atoms in total. The van der Waals surface area contributed by atoms with Crippen LogP contribution in [0.5, 0.6) is 0 Å². The summed E-state index contributed by atoms with van der Waals surface area (Å²) in [7, 11) is 1.92. The molecule has 0 aromatic heterocycles. The van der Waals surface area contributed by atoms with Gasteiger partial charge in [0, 0.05) is 26.1 Å². The van der Waals surface area contributed by atoms with Gasteiger partial charge in [-0.1, -0.05) is 51.0 Å². The number of carbonyl (C=O) groups is 1. The molecule has 0 spiro atoms. The Labute approximate surface area is 128 Å². The maximum Gasteiger partial charge on any atom is 0.226 e. The predicted octanol–water partition coefficient (Wildman–Crippen LogP) is 3.32. The van der Waals surface area contributed by atoms with Crippen LogP contribution >= 0.6 is 0 Å². The second-order valence-electron chi connectivity index (χ2n) is 6.95. The van der Waals surface area contributed by atoms with Gasteiger partial charge in [-0.15, -0.1) is 0 Å². The Kier molecular flexibility index (Phi) is 5.04. The Morgan fingerprint density at radius 1 is 1.29 bits per heavy atom. The van der Waals surface area contributed by atoms with Gasteiger partial charge in [-0.05, 0) is 29.4 Å². The van der Waals surface area contributed by atoms with Crippen molar-refractivity contribution in [3.8, 4) is 0 Å². The molecule has 1 atom stereocenters. The lowest BCUT2D eigenvalue weighted by Crippen LogP contribution is -2.41. The molecule has 1 aromatic carbocycles. The Hall–Kier alpha value is -1.35. The van der Waals surface area contributed by atoms with E-state index in [4.69, 9.17) is 5.73 Å². The monoisotopic (exact) mass is 288 g/mol. The minimum atomic E-state index is 0.122. The molecule has 1 aliphatic carbocycles. The molecule has 3 heteroatoms. The van der Waals surface area contributed by atoms with Gasteiger partial charge in [-0.2, -0.15) is 0 Å². The molecule has 2 rings (SSSR count). The van der Waals surface area contributed by atoms with E-state index in [1.807, 2.05) is 30.1 Å². The quantitative estimate of drug-likeness (QED) is 0.924. The summed E-state index contributed by atoms with van der Waals surface area (Å²) in [6.45, 7) is 5.64. The third-order valence-corrected chi connectivity index (χ3v) is 4.93. The van der Waals surface area contributed by atoms with Crippen LogP contribution in [0.15, 0.2) is 24.3 Å². The maximum absolute atomic E-state index is 12.8. The summed E-state index contributed by atoms with van der Waals surface area (Å²) < 4.78 is 0. The summed E-state index contributed by atoms with van der Waals surface area (Å²) in [6.07, 6.45) is 4.59. The lowest BCUT2D eigenvalue weighted by atomic mass is 9.68. The molecule has 0 bridgehead atoms. The molecular formula is C18H28N2O. The first-order chi connectivity index (χ1) is 9.95. The van der Waals surface area contributed by atoms with Gasteiger partial charge < -0.3 is 10.6 Å². The highest BCUT2D eigenvalue weighted by Crippen LogP contribution is 2.41. The average Bonchev–Trinajstić information content (AvgIpc) is 2.46. The first kappa shape index (κ1) is 16.0. The molecule has 1 saturated carbocycles. The number of rotatable bonds is 4. The molecular weight excluding hydrogens is 260 g/mol. The highest BCUT2D eigenvalue weighted by Gasteiger charge is 2.38. The van der Waals surface area contributed by atoms with E-state index in [-0.39, 0.29) is 17.2 Å². The summed E-state index contributed by atoms with van der Waals surface area (Å²) in [4.78, 5) is 14.7. The molecule has 2 N–H and O–H groups in total. The fourth-order valence-corrected chi connectivity index (χ4v) is 3.46. The lowest BCUT2D eigenvalue weighted by molar-refractivity contribution is -0.140. The second kappa shape index (κ2) is 6.61. The van der Waals surface area contributed by atoms with Crippen molar-refractivity contribution in [3.63, 3.8) is 0 Å². The van der Waals surface area contributed by atoms with Gasteiger partial charge in [0.15, 0.2) is 0 Å². The Balaban J connectivity index is 2.09. The Morgan fingerprint density at radius 2 is 1.95 bits per heavy atom. The van der Waals surface area contributed by atoms with Crippen LogP contribution in [0, 0.1) is 11.3 Å². The molecule has 0 aliphatic heterocycles. The SMILES string of the molecule is CN(Cc1ccccc1CN)C(=O)C1CCCCC1(C)C. The zero-order chi connectivity index (χ0) is 15.5. The number of hydrogen-bond donors (Lipinski definition) is 1. The first-order valence-electron chi connectivity index (χ1n) is 7.97. The normalized spacial score (nSPS) is 21.0. The zero-order valence-corrected chi connectivity index (χ0v) is 13.6. The van der Waals surface area contributed by atoms with Crippen LogP contribution in [0.4, 0.5) is 0 Å². The Morgan fingerprint density at radius 3 is 2.57 bits per heavy atom. The highest BCUT2D eigenvalue weighted by molar-refractivity contribution is 5.79. The van der Waals surface area contributed by atoms with Gasteiger partial charge in [0.05, 0.1) is 0 Å². The molecule has 1 amide bonds. The molecule has 1 aliphatic rings. The molecule has 21 heavy (non-hydrogen) atoms. The van der Waals surface area contributed by atoms with Gasteiger partial charge >= 0.3 is 0 Å². The van der Waals surface area contributed by atoms with Gasteiger partial charge in [-0.25, -0.2) is 0 Å². The van der Waals surface area contributed by atoms with Gasteiger partial charge in [0.2, 0.25) is 5.91 Å². The summed E-state index contributed by atoms with van der Waals surface area (Å²) in [5.41, 5.74) is 8.19. The number of carbonyl (C=O) groups excluding carboxylic acids is 1. The van der Waals surface area contributed by atoms with Crippen LogP contribution in [0.25, 0.3) is 0 Å². The van der Waals surface area contributed by atoms with Crippen molar-refractivity contribution < 1.29 is 4.79 Å². The van der Waals surface area contributed by atoms with Crippen molar-refractivity contribution in [1.29, 1.82) is 0 Å². The van der Waals surface area contributed by atoms with Crippen LogP contribution in [0.3, 0.4) is 0 Å². The maximum atomic E-state index is 12.8. The topological polar surface area (TPSA) is 46.3 Å². The molecule has 116 valence electrons. The van der Waals surface area contributed by atoms with Crippen LogP contribution in [0.1, 0.15) is 50.7 Å². The second-order valence-corrected chi connectivity index (χ2v) is 6.95. The number of nitrogens with zero attached hydrogens (tertiary/aromatic N) is 1. The van der Waals surface area contributed by atoms with Crippen molar-refractivity contribution in [3.05, 3.63) is 35.4 Å². The van der Waals surface area contributed by atoms with E-state index in [1.165, 1.54) is 12.8 Å². The van der Waals surface area contributed by atoms with Gasteiger partial charge in [0.25, 0.3) is 0 Å². The van der Waals surface area contributed by atoms with E-state index in [1.54, 1.807) is 0 Å². The highest BCUT2D eigenvalue weighted by atomic mass is 16.2. The van der Waals surface area contributed by atoms with Crippen LogP contribution in [-0.2, 0) is 17.9 Å². The minimum absolute atomic E-state index is 0.122. The van der Waals surface area contributed by atoms with Crippen molar-refractivity contribution in [2.24, 2.45) is 17.1 Å². The summed E-state index contributed by atoms with van der Waals surface area (Å²) >= 11 is 0. The van der Waals surface area contributed by atoms with Crippen LogP contribution in [0.2, 0.25) is 0 Å². The minimum Gasteiger partial charge on any atom is -0.341 e. The molecule has 0 saturated heterocycles. The van der Waals surface area contributed by atoms with Crippen LogP contribution < -0.4 is 5.73 Å². The summed E-state index contributed by atoms with van der Waals surface area (Å²) in [5.74, 6) is 0.438. The standard InChI is InChI=1S/C18H28N2O/c1-18(2)11-7-6-10-16(18)17(21)20(3)13-15-9-5-4-8-14(15)12-19/h4-5,8-9,16H,6-7,10-13,19H2,1-3H3. The van der Waals surface area contributed by atoms with E-state index < -0.39 is 0 Å². The van der Waals surface area contributed by atoms with Crippen molar-refractivity contribution in [2.45, 2.75) is 52.6 Å². The fraction of sp³-hybridized carbons (Fsp3) is 0.611. The van der Waals surface area contributed by atoms with Gasteiger partial charge in [0.1, 0.15) is 0 Å². The van der Waals surface area contributed by atoms with E-state index >= 15 is 0 Å². The third-order valence-electron chi connectivity index (χ3n) is 4.93. The number of hydrogen-bond acceptors (Lipinski definition) is 2. The molecule has 0 radical (unpaired) electrons. The van der Waals surface area contributed by atoms with E-state index in [2.05, 4.69) is 19.9 Å². The van der Waals surface area contributed by atoms with E-state index in [9.17, 15) is 4.79 Å². The van der Waals surface area contributed by atoms with E-state index in [0.29, 0.717) is 13.1 Å². The summed E-state index contributed by atoms with van der Waals surface area (Å²) in [5, 5.41) is 0. The van der Waals surface area contributed by atoms with Crippen molar-refractivity contribution >= 4 is 5.91 Å². The number of amides is 1. The van der Waals surface area contributed by atoms with Crippen molar-refractivity contribution in [2.75, 3.05) is 7.05 Å². The third kappa shape index (κ3) is 3.65. The van der Waals surface area contributed by atoms with E-state index in [0.717, 1.165) is 24.0 Å². The van der Waals surface area contributed by atoms with Gasteiger partial charge in [-0.3, -0.25) is 4.79 Å². The molecule has 1 unspecified atom stereocenters. The average molecular weight is 288 g/mol. The van der Waals surface area contributed by atoms with Crippen molar-refractivity contribution in [1.82, 2.24) is 4.90 Å². The predicted molar refractivity (Wildman–Crippen MR) is 86.5 cm³/mol. The smallest absolute Gasteiger partial charge is 0.226 e. The number of benzene rings is 1. The summed E-state index contributed by atoms with van der Waals surface area (Å²) in [6, 6.07) is 8.12. The largest absolute Gasteiger partial charge is 0.341 e. The molecule has 1 fully saturated rings. The lowest BCUT2D eigenvalue weighted by Gasteiger charge is -2.39. The fourth-order valence-electron chi connectivity index (χ4n) is 3.46. The Bertz CT molecular complexity index is 496.